The number of nitrogens with zero attached hydrogens (tertiary/aromatic N) is 3. The van der Waals surface area contributed by atoms with Gasteiger partial charge in [0.25, 0.3) is 0 Å². The van der Waals surface area contributed by atoms with Crippen LogP contribution in [0.5, 0.6) is 0 Å². The first kappa shape index (κ1) is 19.4. The summed E-state index contributed by atoms with van der Waals surface area (Å²) in [6.07, 6.45) is 3.72. The molecule has 4 nitrogen and oxygen atoms in total. The largest absolute Gasteiger partial charge is 0.352 e. The van der Waals surface area contributed by atoms with E-state index in [1.165, 1.54) is 32.0 Å². The predicted octanol–water partition coefficient (Wildman–Crippen LogP) is 2.83. The van der Waals surface area contributed by atoms with E-state index in [-0.39, 0.29) is 30.5 Å². The molecule has 1 N–H and O–H groups in total. The van der Waals surface area contributed by atoms with Crippen molar-refractivity contribution in [3.05, 3.63) is 35.4 Å². The Morgan fingerprint density at radius 2 is 2.00 bits per heavy atom. The van der Waals surface area contributed by atoms with Crippen LogP contribution >= 0.6 is 24.0 Å². The molecule has 0 bridgehead atoms. The fourth-order valence-electron chi connectivity index (χ4n) is 3.52. The van der Waals surface area contributed by atoms with Crippen LogP contribution in [0.2, 0.25) is 0 Å². The molecule has 0 saturated carbocycles. The number of likely N-dealkylation sites (tertiary alicyclic amines) is 2. The molecule has 1 aromatic rings. The molecular weight excluding hydrogens is 425 g/mol. The fraction of sp³-hybridized carbons (Fsp3) is 0.588. The van der Waals surface area contributed by atoms with Crippen LogP contribution < -0.4 is 5.32 Å². The van der Waals surface area contributed by atoms with Gasteiger partial charge in [0, 0.05) is 38.3 Å². The molecule has 134 valence electrons. The van der Waals surface area contributed by atoms with Gasteiger partial charge in [-0.1, -0.05) is 0 Å². The average molecular weight is 450 g/mol. The van der Waals surface area contributed by atoms with Crippen molar-refractivity contribution >= 4 is 29.9 Å². The highest BCUT2D eigenvalue weighted by Gasteiger charge is 2.30. The van der Waals surface area contributed by atoms with E-state index in [1.807, 2.05) is 0 Å². The van der Waals surface area contributed by atoms with Gasteiger partial charge >= 0.3 is 0 Å². The lowest BCUT2D eigenvalue weighted by Gasteiger charge is -2.25. The summed E-state index contributed by atoms with van der Waals surface area (Å²) in [6.45, 7) is 4.52. The molecular formula is C17H25F2IN4. The normalized spacial score (nSPS) is 21.9. The van der Waals surface area contributed by atoms with Crippen molar-refractivity contribution in [1.82, 2.24) is 15.1 Å². The van der Waals surface area contributed by atoms with Crippen LogP contribution in [0.25, 0.3) is 0 Å². The molecule has 0 aromatic heterocycles. The molecule has 3 rings (SSSR count). The molecule has 0 spiro atoms. The third kappa shape index (κ3) is 4.56. The van der Waals surface area contributed by atoms with Gasteiger partial charge < -0.3 is 10.2 Å². The number of rotatable bonds is 3. The lowest BCUT2D eigenvalue weighted by molar-refractivity contribution is 0.249. The van der Waals surface area contributed by atoms with Crippen molar-refractivity contribution < 1.29 is 8.78 Å². The summed E-state index contributed by atoms with van der Waals surface area (Å²) in [7, 11) is 1.73. The summed E-state index contributed by atoms with van der Waals surface area (Å²) >= 11 is 0. The van der Waals surface area contributed by atoms with E-state index in [1.54, 1.807) is 7.05 Å². The number of benzene rings is 1. The fourth-order valence-corrected chi connectivity index (χ4v) is 3.52. The maximum Gasteiger partial charge on any atom is 0.193 e. The van der Waals surface area contributed by atoms with Crippen molar-refractivity contribution in [3.8, 4) is 0 Å². The summed E-state index contributed by atoms with van der Waals surface area (Å²) in [5, 5.41) is 3.16. The number of hydrogen-bond acceptors (Lipinski definition) is 2. The molecule has 1 unspecified atom stereocenters. The van der Waals surface area contributed by atoms with Crippen LogP contribution in [0.1, 0.15) is 24.8 Å². The van der Waals surface area contributed by atoms with E-state index in [0.717, 1.165) is 37.6 Å². The average Bonchev–Trinajstić information content (AvgIpc) is 3.22. The van der Waals surface area contributed by atoms with Gasteiger partial charge in [-0.15, -0.1) is 24.0 Å². The number of halogens is 3. The Kier molecular flexibility index (Phi) is 7.21. The van der Waals surface area contributed by atoms with Crippen molar-refractivity contribution in [2.75, 3.05) is 33.2 Å². The minimum absolute atomic E-state index is 0. The first-order valence-electron chi connectivity index (χ1n) is 8.31. The zero-order valence-corrected chi connectivity index (χ0v) is 16.3. The molecule has 24 heavy (non-hydrogen) atoms. The number of nitrogens with one attached hydrogen (secondary N) is 1. The Morgan fingerprint density at radius 1 is 1.25 bits per heavy atom. The van der Waals surface area contributed by atoms with Gasteiger partial charge in [0.15, 0.2) is 5.96 Å². The molecule has 2 saturated heterocycles. The zero-order chi connectivity index (χ0) is 16.2. The third-order valence-electron chi connectivity index (χ3n) is 4.78. The minimum Gasteiger partial charge on any atom is -0.352 e. The van der Waals surface area contributed by atoms with E-state index < -0.39 is 11.6 Å². The molecule has 0 radical (unpaired) electrons. The minimum atomic E-state index is -0.423. The van der Waals surface area contributed by atoms with E-state index >= 15 is 0 Å². The van der Waals surface area contributed by atoms with Crippen molar-refractivity contribution in [2.24, 2.45) is 4.99 Å². The zero-order valence-electron chi connectivity index (χ0n) is 14.0. The quantitative estimate of drug-likeness (QED) is 0.437. The summed E-state index contributed by atoms with van der Waals surface area (Å²) in [4.78, 5) is 9.06. The van der Waals surface area contributed by atoms with Gasteiger partial charge in [-0.05, 0) is 50.6 Å². The van der Waals surface area contributed by atoms with Gasteiger partial charge in [0.05, 0.1) is 0 Å². The lowest BCUT2D eigenvalue weighted by atomic mass is 10.2. The standard InChI is InChI=1S/C17H24F2N4.HI/c1-20-17(21-11-13-10-14(18)4-5-16(13)19)23-9-6-15(12-23)22-7-2-3-8-22;/h4-5,10,15H,2-3,6-9,11-12H2,1H3,(H,20,21);1H. The second-order valence-electron chi connectivity index (χ2n) is 6.27. The Hall–Kier alpha value is -0.960. The van der Waals surface area contributed by atoms with Crippen molar-refractivity contribution in [2.45, 2.75) is 31.8 Å². The Bertz CT molecular complexity index is 576. The van der Waals surface area contributed by atoms with Crippen LogP contribution in [-0.4, -0.2) is 55.0 Å². The Balaban J connectivity index is 0.00000208. The summed E-state index contributed by atoms with van der Waals surface area (Å²) < 4.78 is 26.9. The number of hydrogen-bond donors (Lipinski definition) is 1. The summed E-state index contributed by atoms with van der Waals surface area (Å²) in [5.41, 5.74) is 0.321. The Labute approximate surface area is 159 Å². The highest BCUT2D eigenvalue weighted by Crippen LogP contribution is 2.20. The molecule has 7 heteroatoms. The molecule has 2 heterocycles. The van der Waals surface area contributed by atoms with Gasteiger partial charge in [0.2, 0.25) is 0 Å². The van der Waals surface area contributed by atoms with E-state index in [0.29, 0.717) is 11.6 Å². The van der Waals surface area contributed by atoms with Crippen molar-refractivity contribution in [1.29, 1.82) is 0 Å². The summed E-state index contributed by atoms with van der Waals surface area (Å²) in [6, 6.07) is 4.11. The smallest absolute Gasteiger partial charge is 0.193 e. The second kappa shape index (κ2) is 8.94. The SMILES string of the molecule is CN=C(NCc1cc(F)ccc1F)N1CCC(N2CCCC2)C1.I. The summed E-state index contributed by atoms with van der Waals surface area (Å²) in [5.74, 6) is -0.0606. The predicted molar refractivity (Wildman–Crippen MR) is 103 cm³/mol. The maximum atomic E-state index is 13.7. The third-order valence-corrected chi connectivity index (χ3v) is 4.78. The number of aliphatic imine (C=N–C) groups is 1. The van der Waals surface area contributed by atoms with Crippen LogP contribution in [0.3, 0.4) is 0 Å². The molecule has 0 amide bonds. The molecule has 1 atom stereocenters. The lowest BCUT2D eigenvalue weighted by Crippen LogP contribution is -2.42. The highest BCUT2D eigenvalue weighted by molar-refractivity contribution is 14.0. The first-order chi connectivity index (χ1) is 11.2. The molecule has 0 aliphatic carbocycles. The van der Waals surface area contributed by atoms with E-state index in [9.17, 15) is 8.78 Å². The molecule has 1 aromatic carbocycles. The molecule has 2 aliphatic rings. The molecule has 2 aliphatic heterocycles. The highest BCUT2D eigenvalue weighted by atomic mass is 127. The van der Waals surface area contributed by atoms with Crippen LogP contribution in [0.4, 0.5) is 8.78 Å². The van der Waals surface area contributed by atoms with E-state index in [2.05, 4.69) is 20.1 Å². The van der Waals surface area contributed by atoms with Gasteiger partial charge in [-0.2, -0.15) is 0 Å². The van der Waals surface area contributed by atoms with Crippen LogP contribution in [0.15, 0.2) is 23.2 Å². The van der Waals surface area contributed by atoms with Crippen LogP contribution in [-0.2, 0) is 6.54 Å². The topological polar surface area (TPSA) is 30.9 Å². The maximum absolute atomic E-state index is 13.7. The van der Waals surface area contributed by atoms with Gasteiger partial charge in [-0.3, -0.25) is 9.89 Å². The monoisotopic (exact) mass is 450 g/mol. The number of guanidine groups is 1. The second-order valence-corrected chi connectivity index (χ2v) is 6.27. The first-order valence-corrected chi connectivity index (χ1v) is 8.31. The van der Waals surface area contributed by atoms with Gasteiger partial charge in [0.1, 0.15) is 11.6 Å². The van der Waals surface area contributed by atoms with Crippen molar-refractivity contribution in [3.63, 3.8) is 0 Å². The molecule has 2 fully saturated rings. The Morgan fingerprint density at radius 3 is 2.71 bits per heavy atom. The van der Waals surface area contributed by atoms with E-state index in [4.69, 9.17) is 0 Å². The van der Waals surface area contributed by atoms with Crippen LogP contribution in [0, 0.1) is 11.6 Å². The van der Waals surface area contributed by atoms with Gasteiger partial charge in [-0.25, -0.2) is 8.78 Å².